The van der Waals surface area contributed by atoms with E-state index in [1.165, 1.54) is 20.0 Å². The average molecular weight is 447 g/mol. The Bertz CT molecular complexity index is 533. The molecular formula is C18H30IN3O2. The lowest BCUT2D eigenvalue weighted by atomic mass is 10.0. The molecule has 0 fully saturated rings. The van der Waals surface area contributed by atoms with Crippen LogP contribution in [0.5, 0.6) is 0 Å². The third-order valence-electron chi connectivity index (χ3n) is 3.59. The number of esters is 1. The van der Waals surface area contributed by atoms with Gasteiger partial charge in [-0.1, -0.05) is 38.8 Å². The Morgan fingerprint density at radius 3 is 2.62 bits per heavy atom. The molecule has 3 N–H and O–H groups in total. The molecule has 1 atom stereocenters. The van der Waals surface area contributed by atoms with E-state index in [0.717, 1.165) is 17.9 Å². The molecule has 0 aromatic heterocycles. The Balaban J connectivity index is 0.00000529. The van der Waals surface area contributed by atoms with Gasteiger partial charge < -0.3 is 15.8 Å². The van der Waals surface area contributed by atoms with Crippen LogP contribution in [0, 0.1) is 5.92 Å². The van der Waals surface area contributed by atoms with E-state index in [2.05, 4.69) is 31.1 Å². The van der Waals surface area contributed by atoms with E-state index in [0.29, 0.717) is 24.1 Å². The van der Waals surface area contributed by atoms with Crippen LogP contribution < -0.4 is 11.1 Å². The lowest BCUT2D eigenvalue weighted by Crippen LogP contribution is -2.38. The zero-order valence-corrected chi connectivity index (χ0v) is 17.4. The molecule has 0 radical (unpaired) electrons. The molecule has 0 bridgehead atoms. The lowest BCUT2D eigenvalue weighted by molar-refractivity contribution is 0.0600. The molecule has 1 unspecified atom stereocenters. The Hall–Kier alpha value is -1.31. The highest BCUT2D eigenvalue weighted by molar-refractivity contribution is 14.0. The average Bonchev–Trinajstić information content (AvgIpc) is 2.52. The summed E-state index contributed by atoms with van der Waals surface area (Å²) in [5.74, 6) is 0.821. The van der Waals surface area contributed by atoms with Crippen LogP contribution in [0.2, 0.25) is 0 Å². The van der Waals surface area contributed by atoms with Gasteiger partial charge in [-0.3, -0.25) is 0 Å². The molecule has 0 aliphatic carbocycles. The van der Waals surface area contributed by atoms with Gasteiger partial charge in [0.2, 0.25) is 0 Å². The summed E-state index contributed by atoms with van der Waals surface area (Å²) in [6.07, 6.45) is 3.48. The van der Waals surface area contributed by atoms with E-state index in [-0.39, 0.29) is 29.9 Å². The van der Waals surface area contributed by atoms with Crippen LogP contribution in [0.3, 0.4) is 0 Å². The summed E-state index contributed by atoms with van der Waals surface area (Å²) in [6.45, 7) is 7.01. The number of nitrogens with zero attached hydrogens (tertiary/aromatic N) is 1. The van der Waals surface area contributed by atoms with Crippen LogP contribution in [0.25, 0.3) is 0 Å². The van der Waals surface area contributed by atoms with Crippen molar-refractivity contribution in [3.05, 3.63) is 35.4 Å². The van der Waals surface area contributed by atoms with Crippen LogP contribution in [-0.4, -0.2) is 25.1 Å². The van der Waals surface area contributed by atoms with Crippen molar-refractivity contribution < 1.29 is 9.53 Å². The number of guanidine groups is 1. The minimum Gasteiger partial charge on any atom is -0.465 e. The summed E-state index contributed by atoms with van der Waals surface area (Å²) in [7, 11) is 1.37. The maximum atomic E-state index is 11.5. The normalized spacial score (nSPS) is 12.5. The topological polar surface area (TPSA) is 76.7 Å². The van der Waals surface area contributed by atoms with Crippen molar-refractivity contribution in [3.63, 3.8) is 0 Å². The minimum absolute atomic E-state index is 0. The van der Waals surface area contributed by atoms with E-state index < -0.39 is 0 Å². The number of nitrogens with two attached hydrogens (primary N) is 1. The Labute approximate surface area is 162 Å². The first-order chi connectivity index (χ1) is 10.9. The smallest absolute Gasteiger partial charge is 0.337 e. The predicted octanol–water partition coefficient (Wildman–Crippen LogP) is 3.71. The molecule has 0 aliphatic heterocycles. The maximum absolute atomic E-state index is 11.5. The Kier molecular flexibility index (Phi) is 11.4. The van der Waals surface area contributed by atoms with Crippen LogP contribution in [-0.2, 0) is 11.3 Å². The molecule has 0 heterocycles. The first-order valence-electron chi connectivity index (χ1n) is 8.16. The van der Waals surface area contributed by atoms with Crippen LogP contribution in [0.4, 0.5) is 0 Å². The highest BCUT2D eigenvalue weighted by Gasteiger charge is 2.06. The van der Waals surface area contributed by atoms with Gasteiger partial charge in [0.25, 0.3) is 0 Å². The zero-order chi connectivity index (χ0) is 17.2. The number of aliphatic imine (C=N–C) groups is 1. The van der Waals surface area contributed by atoms with E-state index in [1.54, 1.807) is 12.1 Å². The van der Waals surface area contributed by atoms with Crippen LogP contribution in [0.1, 0.15) is 56.0 Å². The van der Waals surface area contributed by atoms with Crippen molar-refractivity contribution in [1.29, 1.82) is 0 Å². The van der Waals surface area contributed by atoms with Gasteiger partial charge in [0.05, 0.1) is 19.2 Å². The number of hydrogen-bond acceptors (Lipinski definition) is 3. The van der Waals surface area contributed by atoms with Crippen molar-refractivity contribution in [3.8, 4) is 0 Å². The molecule has 5 nitrogen and oxygen atoms in total. The summed E-state index contributed by atoms with van der Waals surface area (Å²) < 4.78 is 4.71. The SMILES string of the molecule is COC(=O)c1cccc(CN=C(N)NC(C)CCCC(C)C)c1.I. The summed E-state index contributed by atoms with van der Waals surface area (Å²) in [6, 6.07) is 7.52. The summed E-state index contributed by atoms with van der Waals surface area (Å²) in [4.78, 5) is 15.8. The van der Waals surface area contributed by atoms with E-state index in [9.17, 15) is 4.79 Å². The van der Waals surface area contributed by atoms with Crippen molar-refractivity contribution in [2.75, 3.05) is 7.11 Å². The van der Waals surface area contributed by atoms with E-state index >= 15 is 0 Å². The summed E-state index contributed by atoms with van der Waals surface area (Å²) in [5, 5.41) is 3.21. The fourth-order valence-electron chi connectivity index (χ4n) is 2.29. The number of ether oxygens (including phenoxy) is 1. The molecule has 0 saturated carbocycles. The first-order valence-corrected chi connectivity index (χ1v) is 8.16. The third kappa shape index (κ3) is 9.10. The van der Waals surface area contributed by atoms with Crippen LogP contribution >= 0.6 is 24.0 Å². The van der Waals surface area contributed by atoms with E-state index in [4.69, 9.17) is 10.5 Å². The van der Waals surface area contributed by atoms with E-state index in [1.807, 2.05) is 12.1 Å². The molecular weight excluding hydrogens is 417 g/mol. The monoisotopic (exact) mass is 447 g/mol. The first kappa shape index (κ1) is 22.7. The minimum atomic E-state index is -0.347. The van der Waals surface area contributed by atoms with Crippen LogP contribution in [0.15, 0.2) is 29.3 Å². The molecule has 0 saturated heterocycles. The van der Waals surface area contributed by atoms with Gasteiger partial charge in [0.1, 0.15) is 0 Å². The van der Waals surface area contributed by atoms with Crippen molar-refractivity contribution >= 4 is 35.9 Å². The molecule has 24 heavy (non-hydrogen) atoms. The summed E-state index contributed by atoms with van der Waals surface area (Å²) >= 11 is 0. The lowest BCUT2D eigenvalue weighted by Gasteiger charge is -2.15. The molecule has 1 rings (SSSR count). The molecule has 0 aliphatic rings. The number of halogens is 1. The van der Waals surface area contributed by atoms with Gasteiger partial charge in [-0.05, 0) is 37.0 Å². The molecule has 1 aromatic carbocycles. The van der Waals surface area contributed by atoms with Gasteiger partial charge in [0.15, 0.2) is 5.96 Å². The number of rotatable bonds is 8. The number of carbonyl (C=O) groups is 1. The van der Waals surface area contributed by atoms with Crippen molar-refractivity contribution in [2.45, 2.75) is 52.6 Å². The molecule has 1 aromatic rings. The van der Waals surface area contributed by atoms with Crippen molar-refractivity contribution in [2.24, 2.45) is 16.6 Å². The molecule has 0 spiro atoms. The quantitative estimate of drug-likeness (QED) is 0.276. The number of benzene rings is 1. The number of nitrogens with one attached hydrogen (secondary N) is 1. The van der Waals surface area contributed by atoms with Gasteiger partial charge >= 0.3 is 5.97 Å². The maximum Gasteiger partial charge on any atom is 0.337 e. The number of hydrogen-bond donors (Lipinski definition) is 2. The second-order valence-corrected chi connectivity index (χ2v) is 6.26. The molecule has 136 valence electrons. The Morgan fingerprint density at radius 2 is 2.00 bits per heavy atom. The zero-order valence-electron chi connectivity index (χ0n) is 15.0. The van der Waals surface area contributed by atoms with Gasteiger partial charge in [-0.15, -0.1) is 24.0 Å². The van der Waals surface area contributed by atoms with Gasteiger partial charge in [0, 0.05) is 6.04 Å². The number of methoxy groups -OCH3 is 1. The fraction of sp³-hybridized carbons (Fsp3) is 0.556. The fourth-order valence-corrected chi connectivity index (χ4v) is 2.29. The number of carbonyl (C=O) groups excluding carboxylic acids is 1. The standard InChI is InChI=1S/C18H29N3O2.HI/c1-13(2)7-5-8-14(3)21-18(19)20-12-15-9-6-10-16(11-15)17(22)23-4;/h6,9-11,13-14H,5,7-8,12H2,1-4H3,(H3,19,20,21);1H. The Morgan fingerprint density at radius 1 is 1.29 bits per heavy atom. The second kappa shape index (κ2) is 12.1. The molecule has 6 heteroatoms. The second-order valence-electron chi connectivity index (χ2n) is 6.26. The third-order valence-corrected chi connectivity index (χ3v) is 3.59. The largest absolute Gasteiger partial charge is 0.465 e. The molecule has 0 amide bonds. The van der Waals surface area contributed by atoms with Crippen molar-refractivity contribution in [1.82, 2.24) is 5.32 Å². The highest BCUT2D eigenvalue weighted by atomic mass is 127. The predicted molar refractivity (Wildman–Crippen MR) is 110 cm³/mol. The summed E-state index contributed by atoms with van der Waals surface area (Å²) in [5.41, 5.74) is 7.37. The highest BCUT2D eigenvalue weighted by Crippen LogP contribution is 2.09. The van der Waals surface area contributed by atoms with Gasteiger partial charge in [-0.25, -0.2) is 9.79 Å². The van der Waals surface area contributed by atoms with Gasteiger partial charge in [-0.2, -0.15) is 0 Å².